The van der Waals surface area contributed by atoms with Gasteiger partial charge in [0.05, 0.1) is 12.3 Å². The maximum absolute atomic E-state index is 13.1. The minimum atomic E-state index is -0.791. The Morgan fingerprint density at radius 3 is 2.27 bits per heavy atom. The van der Waals surface area contributed by atoms with Crippen molar-refractivity contribution >= 4 is 41.4 Å². The summed E-state index contributed by atoms with van der Waals surface area (Å²) in [4.78, 5) is 41.0. The smallest absolute Gasteiger partial charge is 0.335 e. The lowest BCUT2D eigenvalue weighted by atomic mass is 10.1. The standard InChI is InChI=1S/C26H22N2O4S/c1-3-32-20-6-4-5-19(16-20)28-25(30)23(24(29)27-26(28)31)15-18-9-13-22(14-10-18)33-21-11-7-17(2)8-12-21/h4-16H,3H2,1-2H3,(H,27,29,31)/b23-15+. The molecule has 0 atom stereocenters. The molecule has 166 valence electrons. The monoisotopic (exact) mass is 458 g/mol. The number of amides is 4. The molecule has 1 aliphatic rings. The summed E-state index contributed by atoms with van der Waals surface area (Å²) in [5.74, 6) is -0.879. The van der Waals surface area contributed by atoms with Gasteiger partial charge in [0.2, 0.25) is 0 Å². The van der Waals surface area contributed by atoms with E-state index in [1.54, 1.807) is 36.0 Å². The lowest BCUT2D eigenvalue weighted by molar-refractivity contribution is -0.122. The van der Waals surface area contributed by atoms with Crippen molar-refractivity contribution in [3.63, 3.8) is 0 Å². The molecule has 1 heterocycles. The number of rotatable bonds is 6. The van der Waals surface area contributed by atoms with Crippen LogP contribution in [0.25, 0.3) is 6.08 Å². The largest absolute Gasteiger partial charge is 0.494 e. The van der Waals surface area contributed by atoms with E-state index in [1.165, 1.54) is 11.6 Å². The van der Waals surface area contributed by atoms with E-state index in [-0.39, 0.29) is 5.57 Å². The number of hydrogen-bond donors (Lipinski definition) is 1. The first-order valence-corrected chi connectivity index (χ1v) is 11.2. The van der Waals surface area contributed by atoms with Crippen molar-refractivity contribution in [2.75, 3.05) is 11.5 Å². The van der Waals surface area contributed by atoms with Crippen LogP contribution in [0.2, 0.25) is 0 Å². The topological polar surface area (TPSA) is 75.7 Å². The second kappa shape index (κ2) is 9.75. The van der Waals surface area contributed by atoms with Crippen LogP contribution in [0, 0.1) is 6.92 Å². The first-order chi connectivity index (χ1) is 15.9. The predicted octanol–water partition coefficient (Wildman–Crippen LogP) is 5.21. The Morgan fingerprint density at radius 2 is 1.61 bits per heavy atom. The SMILES string of the molecule is CCOc1cccc(N2C(=O)NC(=O)/C(=C\c3ccc(Sc4ccc(C)cc4)cc3)C2=O)c1. The highest BCUT2D eigenvalue weighted by Crippen LogP contribution is 2.29. The molecule has 6 nitrogen and oxygen atoms in total. The Bertz CT molecular complexity index is 1230. The molecule has 7 heteroatoms. The number of ether oxygens (including phenoxy) is 1. The molecule has 0 spiro atoms. The van der Waals surface area contributed by atoms with Crippen molar-refractivity contribution in [2.45, 2.75) is 23.6 Å². The number of nitrogens with one attached hydrogen (secondary N) is 1. The fourth-order valence-corrected chi connectivity index (χ4v) is 4.13. The van der Waals surface area contributed by atoms with Gasteiger partial charge in [0.1, 0.15) is 11.3 Å². The summed E-state index contributed by atoms with van der Waals surface area (Å²) >= 11 is 1.62. The molecule has 0 aromatic heterocycles. The van der Waals surface area contributed by atoms with Crippen LogP contribution < -0.4 is 15.0 Å². The molecule has 4 amide bonds. The second-order valence-corrected chi connectivity index (χ2v) is 8.52. The normalized spacial score (nSPS) is 15.0. The molecule has 1 saturated heterocycles. The quantitative estimate of drug-likeness (QED) is 0.405. The van der Waals surface area contributed by atoms with Gasteiger partial charge in [-0.2, -0.15) is 0 Å². The maximum atomic E-state index is 13.1. The van der Waals surface area contributed by atoms with Crippen molar-refractivity contribution in [3.05, 3.63) is 89.5 Å². The van der Waals surface area contributed by atoms with Gasteiger partial charge in [-0.1, -0.05) is 47.7 Å². The van der Waals surface area contributed by atoms with E-state index in [0.717, 1.165) is 14.7 Å². The van der Waals surface area contributed by atoms with E-state index < -0.39 is 17.8 Å². The minimum absolute atomic E-state index is 0.115. The van der Waals surface area contributed by atoms with E-state index >= 15 is 0 Å². The number of aryl methyl sites for hydroxylation is 1. The summed E-state index contributed by atoms with van der Waals surface area (Å²) in [5, 5.41) is 2.24. The van der Waals surface area contributed by atoms with Crippen molar-refractivity contribution in [1.29, 1.82) is 0 Å². The van der Waals surface area contributed by atoms with Gasteiger partial charge in [0, 0.05) is 15.9 Å². The molecular formula is C26H22N2O4S. The summed E-state index contributed by atoms with van der Waals surface area (Å²) < 4.78 is 5.46. The predicted molar refractivity (Wildman–Crippen MR) is 128 cm³/mol. The van der Waals surface area contributed by atoms with Gasteiger partial charge in [-0.3, -0.25) is 14.9 Å². The fourth-order valence-electron chi connectivity index (χ4n) is 3.31. The van der Waals surface area contributed by atoms with Crippen LogP contribution in [0.3, 0.4) is 0 Å². The number of imide groups is 2. The molecule has 0 aliphatic carbocycles. The van der Waals surface area contributed by atoms with E-state index in [2.05, 4.69) is 29.6 Å². The highest BCUT2D eigenvalue weighted by atomic mass is 32.2. The summed E-state index contributed by atoms with van der Waals surface area (Å²) in [6.07, 6.45) is 1.49. The lowest BCUT2D eigenvalue weighted by Crippen LogP contribution is -2.54. The van der Waals surface area contributed by atoms with Crippen LogP contribution in [0.5, 0.6) is 5.75 Å². The maximum Gasteiger partial charge on any atom is 0.335 e. The van der Waals surface area contributed by atoms with Gasteiger partial charge in [-0.25, -0.2) is 9.69 Å². The van der Waals surface area contributed by atoms with Crippen molar-refractivity contribution < 1.29 is 19.1 Å². The summed E-state index contributed by atoms with van der Waals surface area (Å²) in [7, 11) is 0. The van der Waals surface area contributed by atoms with Gasteiger partial charge in [-0.15, -0.1) is 0 Å². The second-order valence-electron chi connectivity index (χ2n) is 7.37. The number of hydrogen-bond acceptors (Lipinski definition) is 5. The molecule has 1 fully saturated rings. The highest BCUT2D eigenvalue weighted by Gasteiger charge is 2.36. The Morgan fingerprint density at radius 1 is 0.939 bits per heavy atom. The number of barbiturate groups is 1. The van der Waals surface area contributed by atoms with E-state index in [4.69, 9.17) is 4.74 Å². The molecule has 3 aromatic rings. The first kappa shape index (κ1) is 22.4. The third-order valence-electron chi connectivity index (χ3n) is 4.94. The van der Waals surface area contributed by atoms with Crippen LogP contribution in [-0.2, 0) is 9.59 Å². The summed E-state index contributed by atoms with van der Waals surface area (Å²) in [6, 6.07) is 21.6. The number of benzene rings is 3. The molecule has 0 radical (unpaired) electrons. The van der Waals surface area contributed by atoms with Crippen molar-refractivity contribution in [2.24, 2.45) is 0 Å². The van der Waals surface area contributed by atoms with Gasteiger partial charge in [0.15, 0.2) is 0 Å². The highest BCUT2D eigenvalue weighted by molar-refractivity contribution is 7.99. The Hall–Kier alpha value is -3.84. The lowest BCUT2D eigenvalue weighted by Gasteiger charge is -2.26. The number of anilines is 1. The zero-order chi connectivity index (χ0) is 23.4. The Kier molecular flexibility index (Phi) is 6.60. The molecule has 0 bridgehead atoms. The van der Waals surface area contributed by atoms with Crippen LogP contribution in [0.15, 0.2) is 88.2 Å². The minimum Gasteiger partial charge on any atom is -0.494 e. The van der Waals surface area contributed by atoms with E-state index in [1.807, 2.05) is 38.1 Å². The molecular weight excluding hydrogens is 436 g/mol. The average Bonchev–Trinajstić information content (AvgIpc) is 2.80. The molecule has 1 N–H and O–H groups in total. The molecule has 4 rings (SSSR count). The third-order valence-corrected chi connectivity index (χ3v) is 5.95. The molecule has 33 heavy (non-hydrogen) atoms. The van der Waals surface area contributed by atoms with Gasteiger partial charge < -0.3 is 4.74 Å². The molecule has 0 unspecified atom stereocenters. The van der Waals surface area contributed by atoms with Gasteiger partial charge >= 0.3 is 6.03 Å². The van der Waals surface area contributed by atoms with E-state index in [0.29, 0.717) is 23.6 Å². The Balaban J connectivity index is 1.57. The van der Waals surface area contributed by atoms with Crippen LogP contribution in [0.4, 0.5) is 10.5 Å². The summed E-state index contributed by atoms with van der Waals surface area (Å²) in [6.45, 7) is 4.34. The number of urea groups is 1. The zero-order valence-corrected chi connectivity index (χ0v) is 19.0. The van der Waals surface area contributed by atoms with E-state index in [9.17, 15) is 14.4 Å². The van der Waals surface area contributed by atoms with Crippen molar-refractivity contribution in [3.8, 4) is 5.75 Å². The van der Waals surface area contributed by atoms with Gasteiger partial charge in [0.25, 0.3) is 11.8 Å². The number of carbonyl (C=O) groups excluding carboxylic acids is 3. The van der Waals surface area contributed by atoms with Crippen LogP contribution in [-0.4, -0.2) is 24.5 Å². The third kappa shape index (κ3) is 5.15. The number of nitrogens with zero attached hydrogens (tertiary/aromatic N) is 1. The first-order valence-electron chi connectivity index (χ1n) is 10.4. The van der Waals surface area contributed by atoms with Crippen molar-refractivity contribution in [1.82, 2.24) is 5.32 Å². The Labute approximate surface area is 196 Å². The van der Waals surface area contributed by atoms with Crippen LogP contribution >= 0.6 is 11.8 Å². The fraction of sp³-hybridized carbons (Fsp3) is 0.115. The van der Waals surface area contributed by atoms with Gasteiger partial charge in [-0.05, 0) is 61.9 Å². The zero-order valence-electron chi connectivity index (χ0n) is 18.2. The van der Waals surface area contributed by atoms with Crippen LogP contribution in [0.1, 0.15) is 18.1 Å². The number of carbonyl (C=O) groups is 3. The summed E-state index contributed by atoms with van der Waals surface area (Å²) in [5.41, 5.74) is 2.09. The molecule has 1 aliphatic heterocycles. The molecule has 0 saturated carbocycles. The average molecular weight is 459 g/mol. The molecule has 3 aromatic carbocycles.